The van der Waals surface area contributed by atoms with Crippen molar-refractivity contribution in [3.05, 3.63) is 35.9 Å². The lowest BCUT2D eigenvalue weighted by molar-refractivity contribution is -0.121. The molecule has 0 fully saturated rings. The van der Waals surface area contributed by atoms with Crippen LogP contribution < -0.4 is 10.6 Å². The molecule has 2 amide bonds. The standard InChI is InChI=1S/C14H19ClN2O3/c1-2-20-14(19)17-12(10-13(18)16-9-8-15)11-6-4-3-5-7-11/h3-7,12H,2,8-10H2,1H3,(H,16,18)(H,17,19). The molecule has 20 heavy (non-hydrogen) atoms. The maximum absolute atomic E-state index is 11.8. The van der Waals surface area contributed by atoms with Gasteiger partial charge in [-0.3, -0.25) is 4.79 Å². The Hall–Kier alpha value is -1.75. The molecule has 110 valence electrons. The van der Waals surface area contributed by atoms with Crippen LogP contribution in [0.4, 0.5) is 4.79 Å². The fraction of sp³-hybridized carbons (Fsp3) is 0.429. The van der Waals surface area contributed by atoms with E-state index in [1.165, 1.54) is 0 Å². The summed E-state index contributed by atoms with van der Waals surface area (Å²) in [6.07, 6.45) is -0.397. The number of ether oxygens (including phenoxy) is 1. The van der Waals surface area contributed by atoms with E-state index in [4.69, 9.17) is 16.3 Å². The predicted molar refractivity (Wildman–Crippen MR) is 77.7 cm³/mol. The van der Waals surface area contributed by atoms with Gasteiger partial charge in [0.2, 0.25) is 5.91 Å². The van der Waals surface area contributed by atoms with Gasteiger partial charge in [0, 0.05) is 12.4 Å². The highest BCUT2D eigenvalue weighted by atomic mass is 35.5. The number of alkyl carbamates (subject to hydrolysis) is 1. The number of halogens is 1. The van der Waals surface area contributed by atoms with Crippen molar-refractivity contribution in [1.29, 1.82) is 0 Å². The van der Waals surface area contributed by atoms with Crippen LogP contribution in [0.15, 0.2) is 30.3 Å². The maximum atomic E-state index is 11.8. The quantitative estimate of drug-likeness (QED) is 0.759. The van der Waals surface area contributed by atoms with Crippen LogP contribution in [0.25, 0.3) is 0 Å². The van der Waals surface area contributed by atoms with Crippen LogP contribution in [0.2, 0.25) is 0 Å². The number of carbonyl (C=O) groups excluding carboxylic acids is 2. The van der Waals surface area contributed by atoms with Crippen molar-refractivity contribution in [3.63, 3.8) is 0 Å². The van der Waals surface area contributed by atoms with Gasteiger partial charge in [-0.25, -0.2) is 4.79 Å². The average Bonchev–Trinajstić information content (AvgIpc) is 2.45. The van der Waals surface area contributed by atoms with Crippen molar-refractivity contribution in [3.8, 4) is 0 Å². The summed E-state index contributed by atoms with van der Waals surface area (Å²) in [5.41, 5.74) is 0.849. The Morgan fingerprint density at radius 2 is 2.00 bits per heavy atom. The largest absolute Gasteiger partial charge is 0.450 e. The molecule has 0 spiro atoms. The average molecular weight is 299 g/mol. The van der Waals surface area contributed by atoms with Crippen LogP contribution in [0.5, 0.6) is 0 Å². The minimum absolute atomic E-state index is 0.139. The summed E-state index contributed by atoms with van der Waals surface area (Å²) in [4.78, 5) is 23.3. The van der Waals surface area contributed by atoms with Crippen LogP contribution >= 0.6 is 11.6 Å². The minimum Gasteiger partial charge on any atom is -0.450 e. The number of alkyl halides is 1. The Morgan fingerprint density at radius 1 is 1.30 bits per heavy atom. The van der Waals surface area contributed by atoms with Crippen molar-refractivity contribution in [2.45, 2.75) is 19.4 Å². The van der Waals surface area contributed by atoms with Crippen molar-refractivity contribution < 1.29 is 14.3 Å². The maximum Gasteiger partial charge on any atom is 0.407 e. The first-order valence-electron chi connectivity index (χ1n) is 6.48. The first-order chi connectivity index (χ1) is 9.67. The topological polar surface area (TPSA) is 67.4 Å². The summed E-state index contributed by atoms with van der Waals surface area (Å²) >= 11 is 5.52. The van der Waals surface area contributed by atoms with E-state index in [9.17, 15) is 9.59 Å². The van der Waals surface area contributed by atoms with Crippen molar-refractivity contribution in [2.24, 2.45) is 0 Å². The first-order valence-corrected chi connectivity index (χ1v) is 7.01. The molecule has 1 aromatic carbocycles. The number of hydrogen-bond acceptors (Lipinski definition) is 3. The van der Waals surface area contributed by atoms with Crippen LogP contribution in [-0.2, 0) is 9.53 Å². The van der Waals surface area contributed by atoms with E-state index in [1.54, 1.807) is 6.92 Å². The van der Waals surface area contributed by atoms with Gasteiger partial charge < -0.3 is 15.4 Å². The predicted octanol–water partition coefficient (Wildman–Crippen LogP) is 2.22. The summed E-state index contributed by atoms with van der Waals surface area (Å²) in [6.45, 7) is 2.41. The van der Waals surface area contributed by atoms with Crippen molar-refractivity contribution >= 4 is 23.6 Å². The Balaban J connectivity index is 2.69. The summed E-state index contributed by atoms with van der Waals surface area (Å²) in [6, 6.07) is 8.86. The Morgan fingerprint density at radius 3 is 2.60 bits per heavy atom. The second-order valence-corrected chi connectivity index (χ2v) is 4.45. The lowest BCUT2D eigenvalue weighted by Crippen LogP contribution is -2.34. The third kappa shape index (κ3) is 5.93. The molecule has 6 heteroatoms. The van der Waals surface area contributed by atoms with E-state index in [-0.39, 0.29) is 18.9 Å². The number of hydrogen-bond donors (Lipinski definition) is 2. The molecule has 1 rings (SSSR count). The smallest absolute Gasteiger partial charge is 0.407 e. The number of rotatable bonds is 7. The molecule has 0 saturated carbocycles. The molecular formula is C14H19ClN2O3. The zero-order valence-electron chi connectivity index (χ0n) is 11.4. The summed E-state index contributed by atoms with van der Waals surface area (Å²) in [5, 5.41) is 5.36. The summed E-state index contributed by atoms with van der Waals surface area (Å²) in [7, 11) is 0. The highest BCUT2D eigenvalue weighted by Crippen LogP contribution is 2.16. The number of amides is 2. The van der Waals surface area contributed by atoms with E-state index in [0.717, 1.165) is 5.56 Å². The van der Waals surface area contributed by atoms with Crippen molar-refractivity contribution in [1.82, 2.24) is 10.6 Å². The second-order valence-electron chi connectivity index (χ2n) is 4.07. The molecular weight excluding hydrogens is 280 g/mol. The Bertz CT molecular complexity index is 426. The highest BCUT2D eigenvalue weighted by molar-refractivity contribution is 6.18. The normalized spacial score (nSPS) is 11.5. The Labute approximate surface area is 123 Å². The van der Waals surface area contributed by atoms with Gasteiger partial charge in [-0.15, -0.1) is 11.6 Å². The van der Waals surface area contributed by atoms with Gasteiger partial charge in [-0.2, -0.15) is 0 Å². The zero-order valence-corrected chi connectivity index (χ0v) is 12.2. The van der Waals surface area contributed by atoms with Crippen LogP contribution in [0.3, 0.4) is 0 Å². The number of benzene rings is 1. The summed E-state index contributed by atoms with van der Waals surface area (Å²) < 4.78 is 4.85. The molecule has 1 unspecified atom stereocenters. The monoisotopic (exact) mass is 298 g/mol. The number of nitrogens with one attached hydrogen (secondary N) is 2. The molecule has 2 N–H and O–H groups in total. The van der Waals surface area contributed by atoms with E-state index in [2.05, 4.69) is 10.6 Å². The lowest BCUT2D eigenvalue weighted by Gasteiger charge is -2.18. The molecule has 5 nitrogen and oxygen atoms in total. The van der Waals surface area contributed by atoms with Gasteiger partial charge in [-0.1, -0.05) is 30.3 Å². The third-order valence-corrected chi connectivity index (χ3v) is 2.76. The van der Waals surface area contributed by atoms with E-state index in [1.807, 2.05) is 30.3 Å². The fourth-order valence-corrected chi connectivity index (χ4v) is 1.79. The van der Waals surface area contributed by atoms with Gasteiger partial charge in [-0.05, 0) is 12.5 Å². The molecule has 0 heterocycles. The Kier molecular flexibility index (Phi) is 7.50. The van der Waals surface area contributed by atoms with Gasteiger partial charge in [0.05, 0.1) is 19.1 Å². The van der Waals surface area contributed by atoms with Crippen molar-refractivity contribution in [2.75, 3.05) is 19.0 Å². The molecule has 0 aliphatic carbocycles. The number of carbonyl (C=O) groups is 2. The van der Waals surface area contributed by atoms with Crippen LogP contribution in [0, 0.1) is 0 Å². The first kappa shape index (κ1) is 16.3. The second kappa shape index (κ2) is 9.20. The molecule has 1 aromatic rings. The third-order valence-electron chi connectivity index (χ3n) is 2.58. The highest BCUT2D eigenvalue weighted by Gasteiger charge is 2.18. The van der Waals surface area contributed by atoms with Gasteiger partial charge in [0.15, 0.2) is 0 Å². The minimum atomic E-state index is -0.536. The molecule has 0 bridgehead atoms. The zero-order chi connectivity index (χ0) is 14.8. The van der Waals surface area contributed by atoms with Crippen LogP contribution in [0.1, 0.15) is 24.9 Å². The lowest BCUT2D eigenvalue weighted by atomic mass is 10.0. The molecule has 0 saturated heterocycles. The van der Waals surface area contributed by atoms with E-state index in [0.29, 0.717) is 12.4 Å². The van der Waals surface area contributed by atoms with Crippen LogP contribution in [-0.4, -0.2) is 31.0 Å². The molecule has 0 radical (unpaired) electrons. The SMILES string of the molecule is CCOC(=O)NC(CC(=O)NCCCl)c1ccccc1. The van der Waals surface area contributed by atoms with Gasteiger partial charge >= 0.3 is 6.09 Å². The molecule has 0 aromatic heterocycles. The molecule has 0 aliphatic rings. The molecule has 0 aliphatic heterocycles. The summed E-state index contributed by atoms with van der Waals surface area (Å²) in [5.74, 6) is 0.184. The van der Waals surface area contributed by atoms with Gasteiger partial charge in [0.1, 0.15) is 0 Å². The fourth-order valence-electron chi connectivity index (χ4n) is 1.70. The molecule has 1 atom stereocenters. The van der Waals surface area contributed by atoms with E-state index < -0.39 is 12.1 Å². The van der Waals surface area contributed by atoms with Gasteiger partial charge in [0.25, 0.3) is 0 Å². The van der Waals surface area contributed by atoms with E-state index >= 15 is 0 Å².